The van der Waals surface area contributed by atoms with Crippen LogP contribution in [0, 0.1) is 5.41 Å². The number of benzene rings is 4. The van der Waals surface area contributed by atoms with Gasteiger partial charge in [-0.05, 0) is 104 Å². The van der Waals surface area contributed by atoms with Crippen molar-refractivity contribution in [3.05, 3.63) is 88.5 Å². The van der Waals surface area contributed by atoms with Crippen molar-refractivity contribution in [1.82, 2.24) is 5.32 Å². The Balaban J connectivity index is 1.05. The van der Waals surface area contributed by atoms with E-state index in [-0.39, 0.29) is 51.3 Å². The maximum atomic E-state index is 11.2. The summed E-state index contributed by atoms with van der Waals surface area (Å²) in [5.74, 6) is -1.22. The van der Waals surface area contributed by atoms with Crippen molar-refractivity contribution in [3.63, 3.8) is 0 Å². The van der Waals surface area contributed by atoms with E-state index in [1.54, 1.807) is 30.4 Å². The summed E-state index contributed by atoms with van der Waals surface area (Å²) in [7, 11) is 0. The molecule has 7 rings (SSSR count). The van der Waals surface area contributed by atoms with Gasteiger partial charge in [0, 0.05) is 30.2 Å². The molecule has 1 saturated heterocycles. The Morgan fingerprint density at radius 1 is 0.755 bits per heavy atom. The third kappa shape index (κ3) is 6.45. The highest BCUT2D eigenvalue weighted by atomic mass is 16.5. The highest BCUT2D eigenvalue weighted by molar-refractivity contribution is 6.03. The Kier molecular flexibility index (Phi) is 9.22. The molecule has 2 spiro atoms. The van der Waals surface area contributed by atoms with E-state index in [0.29, 0.717) is 41.0 Å². The zero-order valence-corrected chi connectivity index (χ0v) is 27.9. The van der Waals surface area contributed by atoms with Gasteiger partial charge in [-0.3, -0.25) is 0 Å². The number of phenols is 5. The molecule has 0 unspecified atom stereocenters. The molecule has 0 amide bonds. The fourth-order valence-electron chi connectivity index (χ4n) is 8.97. The van der Waals surface area contributed by atoms with Crippen molar-refractivity contribution in [3.8, 4) is 28.7 Å². The highest BCUT2D eigenvalue weighted by Crippen LogP contribution is 2.59. The Bertz CT molecular complexity index is 1850. The molecule has 0 aromatic heterocycles. The van der Waals surface area contributed by atoms with Gasteiger partial charge in [0.25, 0.3) is 0 Å². The number of hydrogen-bond acceptors (Lipinski definition) is 8. The molecule has 8 heteroatoms. The normalized spacial score (nSPS) is 25.6. The van der Waals surface area contributed by atoms with Gasteiger partial charge in [0.1, 0.15) is 5.75 Å². The number of ether oxygens (including phenoxy) is 1. The van der Waals surface area contributed by atoms with Crippen LogP contribution in [0.3, 0.4) is 0 Å². The molecule has 3 aliphatic rings. The van der Waals surface area contributed by atoms with Crippen molar-refractivity contribution in [1.29, 1.82) is 0 Å². The van der Waals surface area contributed by atoms with Crippen LogP contribution < -0.4 is 5.32 Å². The summed E-state index contributed by atoms with van der Waals surface area (Å²) in [6, 6.07) is 18.3. The molecular weight excluding hydrogens is 618 g/mol. The number of aliphatic hydroxyl groups excluding tert-OH is 1. The number of aliphatic hydroxyl groups is 1. The number of nitrogens with one attached hydrogen (secondary N) is 1. The summed E-state index contributed by atoms with van der Waals surface area (Å²) in [5.41, 5.74) is 4.11. The summed E-state index contributed by atoms with van der Waals surface area (Å²) in [5, 5.41) is 67.4. The summed E-state index contributed by atoms with van der Waals surface area (Å²) in [6.45, 7) is 1.53. The number of rotatable bonds is 8. The molecule has 49 heavy (non-hydrogen) atoms. The average Bonchev–Trinajstić information content (AvgIpc) is 3.49. The average molecular weight is 666 g/mol. The fourth-order valence-corrected chi connectivity index (χ4v) is 8.97. The maximum Gasteiger partial charge on any atom is 0.169 e. The third-order valence-electron chi connectivity index (χ3n) is 11.6. The van der Waals surface area contributed by atoms with Gasteiger partial charge in [-0.25, -0.2) is 0 Å². The molecule has 2 saturated carbocycles. The van der Waals surface area contributed by atoms with Gasteiger partial charge >= 0.3 is 0 Å². The summed E-state index contributed by atoms with van der Waals surface area (Å²) in [4.78, 5) is 0. The van der Waals surface area contributed by atoms with Gasteiger partial charge in [-0.2, -0.15) is 0 Å². The lowest BCUT2D eigenvalue weighted by Gasteiger charge is -2.55. The van der Waals surface area contributed by atoms with Crippen LogP contribution in [0.5, 0.6) is 28.7 Å². The zero-order valence-electron chi connectivity index (χ0n) is 27.9. The molecule has 3 fully saturated rings. The Morgan fingerprint density at radius 3 is 2.33 bits per heavy atom. The van der Waals surface area contributed by atoms with Crippen LogP contribution in [-0.4, -0.2) is 55.0 Å². The van der Waals surface area contributed by atoms with Crippen LogP contribution in [-0.2, 0) is 24.1 Å². The van der Waals surface area contributed by atoms with E-state index in [9.17, 15) is 30.6 Å². The molecule has 7 N–H and O–H groups in total. The van der Waals surface area contributed by atoms with Crippen molar-refractivity contribution < 1.29 is 35.4 Å². The quantitative estimate of drug-likeness (QED) is 0.0761. The van der Waals surface area contributed by atoms with E-state index in [1.165, 1.54) is 36.6 Å². The van der Waals surface area contributed by atoms with Gasteiger partial charge < -0.3 is 40.7 Å². The van der Waals surface area contributed by atoms with E-state index >= 15 is 0 Å². The van der Waals surface area contributed by atoms with E-state index in [0.717, 1.165) is 63.7 Å². The summed E-state index contributed by atoms with van der Waals surface area (Å²) >= 11 is 0. The van der Waals surface area contributed by atoms with Gasteiger partial charge in [0.2, 0.25) is 0 Å². The van der Waals surface area contributed by atoms with Gasteiger partial charge in [-0.1, -0.05) is 67.5 Å². The number of hydrogen-bond donors (Lipinski definition) is 7. The Labute approximate surface area is 287 Å². The molecule has 258 valence electrons. The molecule has 4 aromatic rings. The molecule has 1 aliphatic heterocycles. The van der Waals surface area contributed by atoms with E-state index in [2.05, 4.69) is 29.6 Å². The van der Waals surface area contributed by atoms with Crippen molar-refractivity contribution in [2.45, 2.75) is 94.9 Å². The van der Waals surface area contributed by atoms with Crippen LogP contribution in [0.1, 0.15) is 85.6 Å². The van der Waals surface area contributed by atoms with Gasteiger partial charge in [-0.15, -0.1) is 0 Å². The standard InChI is InChI=1S/C41H47NO7/c43-30-16-20-40(24-30)18-1-2-19-41(40)23-29(17-21-49-41)42-25-28-8-6-26(7-9-28)10-14-33-31(13-11-27-12-15-34(44)36(46)22-27)32-4-3-5-35(45)37(32)39(48)38(33)47/h3-9,11-13,15,22,29-30,42-48H,1-2,10,14,16-21,23-25H2/b13-11+/t29-,30-,40-,41+/m0/s1. The fraction of sp³-hybridized carbons (Fsp3) is 0.415. The first-order valence-corrected chi connectivity index (χ1v) is 17.7. The number of phenolic OH excluding ortho intramolecular Hbond substituents is 5. The second-order valence-corrected chi connectivity index (χ2v) is 14.5. The minimum Gasteiger partial charge on any atom is -0.507 e. The van der Waals surface area contributed by atoms with E-state index in [4.69, 9.17) is 4.74 Å². The number of fused-ring (bicyclic) bond motifs is 2. The summed E-state index contributed by atoms with van der Waals surface area (Å²) in [6.07, 6.45) is 13.9. The largest absolute Gasteiger partial charge is 0.507 e. The third-order valence-corrected chi connectivity index (χ3v) is 11.6. The highest BCUT2D eigenvalue weighted by Gasteiger charge is 2.57. The second kappa shape index (κ2) is 13.6. The van der Waals surface area contributed by atoms with Gasteiger partial charge in [0.15, 0.2) is 23.0 Å². The predicted molar refractivity (Wildman–Crippen MR) is 191 cm³/mol. The lowest BCUT2D eigenvalue weighted by atomic mass is 9.59. The van der Waals surface area contributed by atoms with Crippen LogP contribution >= 0.6 is 0 Å². The monoisotopic (exact) mass is 665 g/mol. The molecule has 4 atom stereocenters. The first-order chi connectivity index (χ1) is 23.7. The molecule has 8 nitrogen and oxygen atoms in total. The first kappa shape index (κ1) is 33.3. The lowest BCUT2D eigenvalue weighted by molar-refractivity contribution is -0.188. The van der Waals surface area contributed by atoms with Gasteiger partial charge in [0.05, 0.1) is 17.1 Å². The SMILES string of the molecule is Oc1ccc(/C=C/c2c(CCc3ccc(CN[C@H]4CCO[C@]5(CCCC[C@@]56CC[C@H](O)C6)C4)cc3)c(O)c(O)c3c(O)cccc23)cc1O. The predicted octanol–water partition coefficient (Wildman–Crippen LogP) is 7.44. The van der Waals surface area contributed by atoms with Crippen molar-refractivity contribution in [2.75, 3.05) is 6.61 Å². The van der Waals surface area contributed by atoms with Crippen molar-refractivity contribution >= 4 is 22.9 Å². The molecule has 0 bridgehead atoms. The first-order valence-electron chi connectivity index (χ1n) is 17.7. The molecule has 1 heterocycles. The van der Waals surface area contributed by atoms with E-state index in [1.807, 2.05) is 0 Å². The maximum absolute atomic E-state index is 11.2. The van der Waals surface area contributed by atoms with Crippen LogP contribution in [0.2, 0.25) is 0 Å². The molecule has 4 aromatic carbocycles. The minimum absolute atomic E-state index is 0.119. The Morgan fingerprint density at radius 2 is 1.55 bits per heavy atom. The zero-order chi connectivity index (χ0) is 34.2. The minimum atomic E-state index is -0.359. The van der Waals surface area contributed by atoms with Crippen molar-refractivity contribution in [2.24, 2.45) is 5.41 Å². The smallest absolute Gasteiger partial charge is 0.169 e. The Hall–Kier alpha value is -4.24. The topological polar surface area (TPSA) is 143 Å². The molecule has 2 aliphatic carbocycles. The van der Waals surface area contributed by atoms with Crippen LogP contribution in [0.25, 0.3) is 22.9 Å². The number of aromatic hydroxyl groups is 5. The number of aryl methyl sites for hydroxylation is 1. The second-order valence-electron chi connectivity index (χ2n) is 14.5. The van der Waals surface area contributed by atoms with E-state index < -0.39 is 0 Å². The molecular formula is C41H47NO7. The van der Waals surface area contributed by atoms with Crippen LogP contribution in [0.15, 0.2) is 60.7 Å². The summed E-state index contributed by atoms with van der Waals surface area (Å²) < 4.78 is 6.63. The molecule has 0 radical (unpaired) electrons. The van der Waals surface area contributed by atoms with Crippen LogP contribution in [0.4, 0.5) is 0 Å². The lowest BCUT2D eigenvalue weighted by Crippen LogP contribution is -2.57.